The van der Waals surface area contributed by atoms with Crippen molar-refractivity contribution in [3.8, 4) is 0 Å². The number of rotatable bonds is 6. The van der Waals surface area contributed by atoms with Gasteiger partial charge in [-0.15, -0.1) is 22.7 Å². The molecule has 4 heterocycles. The van der Waals surface area contributed by atoms with Crippen LogP contribution in [0.1, 0.15) is 32.2 Å². The van der Waals surface area contributed by atoms with Gasteiger partial charge in [0.1, 0.15) is 11.8 Å². The van der Waals surface area contributed by atoms with E-state index in [0.717, 1.165) is 41.4 Å². The molecule has 10 nitrogen and oxygen atoms in total. The third-order valence-corrected chi connectivity index (χ3v) is 6.93. The van der Waals surface area contributed by atoms with E-state index in [4.69, 9.17) is 16.0 Å². The largest absolute Gasteiger partial charge is 0.446 e. The molecule has 3 N–H and O–H groups in total. The second kappa shape index (κ2) is 9.77. The van der Waals surface area contributed by atoms with Gasteiger partial charge in [0.2, 0.25) is 0 Å². The van der Waals surface area contributed by atoms with Crippen LogP contribution in [0, 0.1) is 0 Å². The van der Waals surface area contributed by atoms with Crippen LogP contribution in [0.4, 0.5) is 5.00 Å². The highest BCUT2D eigenvalue weighted by Crippen LogP contribution is 2.26. The number of amides is 3. The maximum absolute atomic E-state index is 12.8. The Bertz CT molecular complexity index is 1130. The van der Waals surface area contributed by atoms with Crippen LogP contribution in [0.2, 0.25) is 4.34 Å². The van der Waals surface area contributed by atoms with Crippen molar-refractivity contribution in [3.63, 3.8) is 0 Å². The summed E-state index contributed by atoms with van der Waals surface area (Å²) < 4.78 is 5.79. The standard InChI is InChI=1S/C19H19ClN6O4S2/c1-26-5-4-10-13(8-26)31-19(24-10)18(29)23-11(12-7-21-9-30-12)6-22-16(27)17(28)25-15-3-2-14(20)32-15/h2-3,7,9,11H,4-6,8H2,1H3,(H,22,27)(H,23,29)(H,25,28)/t11-/m0/s1. The number of fused-ring (bicyclic) bond motifs is 1. The van der Waals surface area contributed by atoms with Crippen molar-refractivity contribution in [2.45, 2.75) is 19.0 Å². The normalized spacial score (nSPS) is 14.4. The van der Waals surface area contributed by atoms with Gasteiger partial charge >= 0.3 is 11.8 Å². The van der Waals surface area contributed by atoms with Crippen LogP contribution >= 0.6 is 34.3 Å². The number of hydrogen-bond acceptors (Lipinski definition) is 9. The van der Waals surface area contributed by atoms with Gasteiger partial charge in [-0.05, 0) is 19.2 Å². The van der Waals surface area contributed by atoms with Gasteiger partial charge in [0, 0.05) is 30.9 Å². The summed E-state index contributed by atoms with van der Waals surface area (Å²) in [6.45, 7) is 1.57. The Morgan fingerprint density at radius 2 is 2.12 bits per heavy atom. The Morgan fingerprint density at radius 1 is 1.28 bits per heavy atom. The number of aromatic nitrogens is 2. The Labute approximate surface area is 196 Å². The second-order valence-corrected chi connectivity index (χ2v) is 9.87. The number of nitrogens with zero attached hydrogens (tertiary/aromatic N) is 3. The molecule has 3 aromatic rings. The quantitative estimate of drug-likeness (QED) is 0.447. The van der Waals surface area contributed by atoms with Crippen molar-refractivity contribution in [3.05, 3.63) is 50.4 Å². The van der Waals surface area contributed by atoms with Crippen molar-refractivity contribution in [1.82, 2.24) is 25.5 Å². The van der Waals surface area contributed by atoms with Crippen molar-refractivity contribution >= 4 is 57.0 Å². The number of thiophene rings is 1. The average molecular weight is 495 g/mol. The highest BCUT2D eigenvalue weighted by Gasteiger charge is 2.25. The Hall–Kier alpha value is -2.80. The van der Waals surface area contributed by atoms with E-state index in [1.807, 2.05) is 7.05 Å². The van der Waals surface area contributed by atoms with Gasteiger partial charge in [-0.3, -0.25) is 14.4 Å². The summed E-state index contributed by atoms with van der Waals surface area (Å²) in [7, 11) is 2.02. The molecule has 0 aliphatic carbocycles. The topological polar surface area (TPSA) is 129 Å². The van der Waals surface area contributed by atoms with E-state index in [0.29, 0.717) is 20.1 Å². The molecule has 3 amide bonds. The van der Waals surface area contributed by atoms with E-state index in [2.05, 4.69) is 30.8 Å². The Kier molecular flexibility index (Phi) is 6.84. The molecule has 0 aromatic carbocycles. The molecule has 0 fully saturated rings. The number of halogens is 1. The van der Waals surface area contributed by atoms with E-state index in [1.165, 1.54) is 23.9 Å². The third-order valence-electron chi connectivity index (χ3n) is 4.70. The SMILES string of the molecule is CN1CCc2nc(C(=O)N[C@@H](CNC(=O)C(=O)Nc3ccc(Cl)s3)c3cnco3)sc2C1. The fraction of sp³-hybridized carbons (Fsp3) is 0.316. The van der Waals surface area contributed by atoms with Gasteiger partial charge in [0.15, 0.2) is 11.4 Å². The minimum absolute atomic E-state index is 0.0772. The van der Waals surface area contributed by atoms with Crippen LogP contribution in [0.25, 0.3) is 0 Å². The zero-order valence-corrected chi connectivity index (χ0v) is 19.3. The molecule has 168 valence electrons. The fourth-order valence-electron chi connectivity index (χ4n) is 3.09. The summed E-state index contributed by atoms with van der Waals surface area (Å²) in [5.41, 5.74) is 0.938. The zero-order valence-electron chi connectivity index (χ0n) is 16.9. The molecule has 32 heavy (non-hydrogen) atoms. The number of carbonyl (C=O) groups is 3. The van der Waals surface area contributed by atoms with Crippen LogP contribution in [0.15, 0.2) is 29.1 Å². The van der Waals surface area contributed by atoms with E-state index >= 15 is 0 Å². The Balaban J connectivity index is 1.39. The predicted octanol–water partition coefficient (Wildman–Crippen LogP) is 2.06. The van der Waals surface area contributed by atoms with Crippen molar-refractivity contribution in [2.75, 3.05) is 25.5 Å². The first kappa shape index (κ1) is 22.4. The van der Waals surface area contributed by atoms with Crippen LogP contribution in [0.5, 0.6) is 0 Å². The third kappa shape index (κ3) is 5.33. The summed E-state index contributed by atoms with van der Waals surface area (Å²) in [4.78, 5) is 48.7. The minimum Gasteiger partial charge on any atom is -0.446 e. The summed E-state index contributed by atoms with van der Waals surface area (Å²) in [6.07, 6.45) is 3.45. The number of nitrogens with one attached hydrogen (secondary N) is 3. The molecule has 1 aliphatic rings. The first-order valence-corrected chi connectivity index (χ1v) is 11.6. The highest BCUT2D eigenvalue weighted by atomic mass is 35.5. The van der Waals surface area contributed by atoms with Gasteiger partial charge in [-0.2, -0.15) is 0 Å². The fourth-order valence-corrected chi connectivity index (χ4v) is 5.12. The molecule has 0 radical (unpaired) electrons. The van der Waals surface area contributed by atoms with Crippen molar-refractivity contribution in [2.24, 2.45) is 0 Å². The molecule has 0 saturated carbocycles. The molecule has 1 atom stereocenters. The van der Waals surface area contributed by atoms with E-state index in [9.17, 15) is 14.4 Å². The van der Waals surface area contributed by atoms with Gasteiger partial charge in [-0.25, -0.2) is 9.97 Å². The number of anilines is 1. The van der Waals surface area contributed by atoms with Crippen LogP contribution in [-0.2, 0) is 22.6 Å². The van der Waals surface area contributed by atoms with Crippen molar-refractivity contribution in [1.29, 1.82) is 0 Å². The molecular weight excluding hydrogens is 476 g/mol. The minimum atomic E-state index is -0.860. The van der Waals surface area contributed by atoms with E-state index in [1.54, 1.807) is 12.1 Å². The number of likely N-dealkylation sites (N-methyl/N-ethyl adjacent to an activating group) is 1. The zero-order chi connectivity index (χ0) is 22.7. The van der Waals surface area contributed by atoms with Gasteiger partial charge < -0.3 is 25.3 Å². The molecule has 1 aliphatic heterocycles. The number of carbonyl (C=O) groups excluding carboxylic acids is 3. The average Bonchev–Trinajstić information content (AvgIpc) is 3.51. The van der Waals surface area contributed by atoms with Crippen LogP contribution in [0.3, 0.4) is 0 Å². The predicted molar refractivity (Wildman–Crippen MR) is 120 cm³/mol. The number of hydrogen-bond donors (Lipinski definition) is 3. The number of thiazole rings is 1. The number of oxazole rings is 1. The molecule has 4 rings (SSSR count). The molecule has 3 aromatic heterocycles. The maximum atomic E-state index is 12.8. The first-order valence-electron chi connectivity index (χ1n) is 9.60. The van der Waals surface area contributed by atoms with Gasteiger partial charge in [0.25, 0.3) is 5.91 Å². The lowest BCUT2D eigenvalue weighted by molar-refractivity contribution is -0.136. The summed E-state index contributed by atoms with van der Waals surface area (Å²) in [5, 5.41) is 8.57. The summed E-state index contributed by atoms with van der Waals surface area (Å²) >= 11 is 8.31. The molecule has 0 bridgehead atoms. The molecule has 0 spiro atoms. The lowest BCUT2D eigenvalue weighted by atomic mass is 10.2. The Morgan fingerprint density at radius 3 is 2.84 bits per heavy atom. The van der Waals surface area contributed by atoms with Gasteiger partial charge in [0.05, 0.1) is 21.2 Å². The molecule has 0 saturated heterocycles. The van der Waals surface area contributed by atoms with E-state index in [-0.39, 0.29) is 12.5 Å². The first-order chi connectivity index (χ1) is 15.4. The van der Waals surface area contributed by atoms with Gasteiger partial charge in [-0.1, -0.05) is 11.6 Å². The molecule has 0 unspecified atom stereocenters. The summed E-state index contributed by atoms with van der Waals surface area (Å²) in [5.74, 6) is -1.76. The molecular formula is C19H19ClN6O4S2. The maximum Gasteiger partial charge on any atom is 0.314 e. The highest BCUT2D eigenvalue weighted by molar-refractivity contribution is 7.20. The van der Waals surface area contributed by atoms with E-state index < -0.39 is 17.9 Å². The van der Waals surface area contributed by atoms with Crippen LogP contribution in [-0.4, -0.2) is 52.7 Å². The summed E-state index contributed by atoms with van der Waals surface area (Å²) in [6, 6.07) is 2.48. The lowest BCUT2D eigenvalue weighted by Crippen LogP contribution is -2.41. The van der Waals surface area contributed by atoms with Crippen molar-refractivity contribution < 1.29 is 18.8 Å². The monoisotopic (exact) mass is 494 g/mol. The molecule has 13 heteroatoms. The lowest BCUT2D eigenvalue weighted by Gasteiger charge is -2.20. The second-order valence-electron chi connectivity index (χ2n) is 7.07. The smallest absolute Gasteiger partial charge is 0.314 e. The van der Waals surface area contributed by atoms with Crippen LogP contribution < -0.4 is 16.0 Å².